The number of oxime groups is 1. The Labute approximate surface area is 161 Å². The highest BCUT2D eigenvalue weighted by Gasteiger charge is 2.51. The van der Waals surface area contributed by atoms with Crippen LogP contribution in [0.25, 0.3) is 0 Å². The van der Waals surface area contributed by atoms with Crippen molar-refractivity contribution in [2.24, 2.45) is 5.16 Å². The third kappa shape index (κ3) is 3.95. The van der Waals surface area contributed by atoms with Gasteiger partial charge in [0.1, 0.15) is 5.71 Å². The number of nitrogens with zero attached hydrogens (tertiary/aromatic N) is 1. The van der Waals surface area contributed by atoms with Gasteiger partial charge >= 0.3 is 5.97 Å². The lowest BCUT2D eigenvalue weighted by atomic mass is 9.95. The highest BCUT2D eigenvalue weighted by atomic mass is 35.5. The Balaban J connectivity index is 1.67. The van der Waals surface area contributed by atoms with E-state index in [9.17, 15) is 14.8 Å². The van der Waals surface area contributed by atoms with Crippen molar-refractivity contribution in [2.45, 2.75) is 18.3 Å². The van der Waals surface area contributed by atoms with E-state index in [1.165, 1.54) is 7.11 Å². The zero-order valence-corrected chi connectivity index (χ0v) is 15.5. The fourth-order valence-corrected chi connectivity index (χ4v) is 3.11. The number of amides is 1. The molecular weight excluding hydrogens is 368 g/mol. The first-order valence-electron chi connectivity index (χ1n) is 8.44. The second-order valence-corrected chi connectivity index (χ2v) is 6.82. The molecule has 0 heterocycles. The summed E-state index contributed by atoms with van der Waals surface area (Å²) in [4.78, 5) is 24.2. The summed E-state index contributed by atoms with van der Waals surface area (Å²) >= 11 is 5.92. The Bertz CT molecular complexity index is 872. The van der Waals surface area contributed by atoms with Crippen molar-refractivity contribution >= 4 is 29.2 Å². The first-order chi connectivity index (χ1) is 13.0. The predicted octanol–water partition coefficient (Wildman–Crippen LogP) is 3.15. The number of rotatable bonds is 6. The zero-order chi connectivity index (χ0) is 19.4. The van der Waals surface area contributed by atoms with Crippen molar-refractivity contribution in [1.29, 1.82) is 0 Å². The summed E-state index contributed by atoms with van der Waals surface area (Å²) in [6.45, 7) is 0.0717. The van der Waals surface area contributed by atoms with Crippen LogP contribution < -0.4 is 5.32 Å². The van der Waals surface area contributed by atoms with Gasteiger partial charge in [0.2, 0.25) is 5.91 Å². The molecule has 0 aliphatic heterocycles. The quantitative estimate of drug-likeness (QED) is 0.345. The molecule has 0 atom stereocenters. The molecule has 1 amide bonds. The Morgan fingerprint density at radius 1 is 1.11 bits per heavy atom. The van der Waals surface area contributed by atoms with E-state index in [0.717, 1.165) is 18.4 Å². The molecule has 2 aromatic carbocycles. The normalized spacial score (nSPS) is 15.1. The maximum atomic E-state index is 12.7. The standard InChI is InChI=1S/C20H19ClN2O4/c1-27-18(24)14-4-2-13(3-5-14)17(23-26)12-22-19(25)20(10-11-20)15-6-8-16(21)9-7-15/h2-9,26H,10-12H2,1H3,(H,22,25). The molecule has 2 aromatic rings. The molecule has 6 nitrogen and oxygen atoms in total. The number of nitrogens with one attached hydrogen (secondary N) is 1. The van der Waals surface area contributed by atoms with Crippen LogP contribution >= 0.6 is 11.6 Å². The lowest BCUT2D eigenvalue weighted by Gasteiger charge is -2.16. The van der Waals surface area contributed by atoms with Gasteiger partial charge in [0.15, 0.2) is 0 Å². The van der Waals surface area contributed by atoms with E-state index in [-0.39, 0.29) is 12.5 Å². The lowest BCUT2D eigenvalue weighted by molar-refractivity contribution is -0.123. The van der Waals surface area contributed by atoms with Gasteiger partial charge in [-0.25, -0.2) is 4.79 Å². The van der Waals surface area contributed by atoms with E-state index in [4.69, 9.17) is 11.6 Å². The summed E-state index contributed by atoms with van der Waals surface area (Å²) < 4.78 is 4.65. The number of hydrogen-bond donors (Lipinski definition) is 2. The number of carbonyl (C=O) groups is 2. The Kier molecular flexibility index (Phi) is 5.46. The van der Waals surface area contributed by atoms with Gasteiger partial charge in [0, 0.05) is 10.6 Å². The van der Waals surface area contributed by atoms with Gasteiger partial charge in [-0.05, 0) is 42.7 Å². The summed E-state index contributed by atoms with van der Waals surface area (Å²) in [6.07, 6.45) is 1.53. The SMILES string of the molecule is COC(=O)c1ccc(C(CNC(=O)C2(c3ccc(Cl)cc3)CC2)=NO)cc1. The van der Waals surface area contributed by atoms with E-state index < -0.39 is 11.4 Å². The number of ether oxygens (including phenoxy) is 1. The van der Waals surface area contributed by atoms with Crippen LogP contribution in [-0.2, 0) is 14.9 Å². The summed E-state index contributed by atoms with van der Waals surface area (Å²) in [7, 11) is 1.31. The first kappa shape index (κ1) is 18.9. The highest BCUT2D eigenvalue weighted by molar-refractivity contribution is 6.30. The topological polar surface area (TPSA) is 88.0 Å². The molecular formula is C20H19ClN2O4. The van der Waals surface area contributed by atoms with Crippen molar-refractivity contribution in [1.82, 2.24) is 5.32 Å². The highest BCUT2D eigenvalue weighted by Crippen LogP contribution is 2.48. The van der Waals surface area contributed by atoms with Crippen LogP contribution in [0.3, 0.4) is 0 Å². The van der Waals surface area contributed by atoms with Crippen LogP contribution in [0, 0.1) is 0 Å². The minimum absolute atomic E-state index is 0.0717. The molecule has 27 heavy (non-hydrogen) atoms. The minimum Gasteiger partial charge on any atom is -0.465 e. The van der Waals surface area contributed by atoms with E-state index in [1.54, 1.807) is 36.4 Å². The summed E-state index contributed by atoms with van der Waals surface area (Å²) in [6, 6.07) is 13.7. The molecule has 0 bridgehead atoms. The van der Waals surface area contributed by atoms with Crippen LogP contribution in [0.15, 0.2) is 53.7 Å². The minimum atomic E-state index is -0.542. The number of esters is 1. The third-order valence-corrected chi connectivity index (χ3v) is 5.01. The predicted molar refractivity (Wildman–Crippen MR) is 101 cm³/mol. The number of halogens is 1. The van der Waals surface area contributed by atoms with Gasteiger partial charge in [0.25, 0.3) is 0 Å². The second-order valence-electron chi connectivity index (χ2n) is 6.39. The van der Waals surface area contributed by atoms with E-state index in [1.807, 2.05) is 12.1 Å². The molecule has 0 radical (unpaired) electrons. The van der Waals surface area contributed by atoms with Crippen LogP contribution in [0.4, 0.5) is 0 Å². The van der Waals surface area contributed by atoms with Gasteiger partial charge in [-0.15, -0.1) is 0 Å². The number of hydrogen-bond acceptors (Lipinski definition) is 5. The summed E-state index contributed by atoms with van der Waals surface area (Å²) in [5.74, 6) is -0.562. The fraction of sp³-hybridized carbons (Fsp3) is 0.250. The van der Waals surface area contributed by atoms with Crippen LogP contribution in [-0.4, -0.2) is 36.4 Å². The smallest absolute Gasteiger partial charge is 0.337 e. The van der Waals surface area contributed by atoms with Gasteiger partial charge in [0.05, 0.1) is 24.6 Å². The lowest BCUT2D eigenvalue weighted by Crippen LogP contribution is -2.38. The van der Waals surface area contributed by atoms with Crippen molar-refractivity contribution < 1.29 is 19.5 Å². The molecule has 0 spiro atoms. The number of carbonyl (C=O) groups excluding carboxylic acids is 2. The molecule has 3 rings (SSSR count). The Hall–Kier alpha value is -2.86. The average Bonchev–Trinajstić information content (AvgIpc) is 3.50. The second kappa shape index (κ2) is 7.80. The monoisotopic (exact) mass is 386 g/mol. The number of benzene rings is 2. The summed E-state index contributed by atoms with van der Waals surface area (Å²) in [5.41, 5.74) is 1.67. The average molecular weight is 387 g/mol. The molecule has 7 heteroatoms. The maximum Gasteiger partial charge on any atom is 0.337 e. The maximum absolute atomic E-state index is 12.7. The van der Waals surface area contributed by atoms with Gasteiger partial charge in [-0.1, -0.05) is 41.0 Å². The molecule has 1 aliphatic rings. The van der Waals surface area contributed by atoms with E-state index >= 15 is 0 Å². The largest absolute Gasteiger partial charge is 0.465 e. The zero-order valence-electron chi connectivity index (χ0n) is 14.7. The van der Waals surface area contributed by atoms with Crippen LogP contribution in [0.1, 0.15) is 34.3 Å². The van der Waals surface area contributed by atoms with E-state index in [0.29, 0.717) is 21.9 Å². The molecule has 2 N–H and O–H groups in total. The molecule has 0 aromatic heterocycles. The van der Waals surface area contributed by atoms with E-state index in [2.05, 4.69) is 15.2 Å². The molecule has 1 aliphatic carbocycles. The number of methoxy groups -OCH3 is 1. The van der Waals surface area contributed by atoms with Gasteiger partial charge < -0.3 is 15.3 Å². The van der Waals surface area contributed by atoms with Crippen LogP contribution in [0.2, 0.25) is 5.02 Å². The fourth-order valence-electron chi connectivity index (χ4n) is 2.99. The van der Waals surface area contributed by atoms with Gasteiger partial charge in [-0.3, -0.25) is 4.79 Å². The molecule has 0 saturated heterocycles. The molecule has 1 fully saturated rings. The first-order valence-corrected chi connectivity index (χ1v) is 8.82. The third-order valence-electron chi connectivity index (χ3n) is 4.76. The summed E-state index contributed by atoms with van der Waals surface area (Å²) in [5, 5.41) is 16.1. The van der Waals surface area contributed by atoms with Crippen molar-refractivity contribution in [2.75, 3.05) is 13.7 Å². The Morgan fingerprint density at radius 2 is 1.70 bits per heavy atom. The van der Waals surface area contributed by atoms with Crippen molar-refractivity contribution in [3.63, 3.8) is 0 Å². The Morgan fingerprint density at radius 3 is 2.22 bits per heavy atom. The molecule has 0 unspecified atom stereocenters. The van der Waals surface area contributed by atoms with Crippen molar-refractivity contribution in [3.8, 4) is 0 Å². The van der Waals surface area contributed by atoms with Gasteiger partial charge in [-0.2, -0.15) is 0 Å². The van der Waals surface area contributed by atoms with Crippen molar-refractivity contribution in [3.05, 3.63) is 70.2 Å². The molecule has 1 saturated carbocycles. The molecule has 140 valence electrons. The van der Waals surface area contributed by atoms with Crippen LogP contribution in [0.5, 0.6) is 0 Å².